The Morgan fingerprint density at radius 2 is 1.52 bits per heavy atom. The Morgan fingerprint density at radius 3 is 2.20 bits per heavy atom. The van der Waals surface area contributed by atoms with Crippen molar-refractivity contribution in [1.82, 2.24) is 5.43 Å². The third-order valence-electron chi connectivity index (χ3n) is 9.74. The summed E-state index contributed by atoms with van der Waals surface area (Å²) in [7, 11) is 0. The third kappa shape index (κ3) is 7.54. The molecule has 2 amide bonds. The number of ether oxygens (including phenoxy) is 3. The van der Waals surface area contributed by atoms with E-state index in [4.69, 9.17) is 14.2 Å². The number of hydrazone groups is 1. The van der Waals surface area contributed by atoms with Gasteiger partial charge in [0.05, 0.1) is 12.8 Å². The van der Waals surface area contributed by atoms with Crippen LogP contribution in [0.15, 0.2) is 65.8 Å². The second-order valence-electron chi connectivity index (χ2n) is 13.3. The summed E-state index contributed by atoms with van der Waals surface area (Å²) in [4.78, 5) is 25.0. The van der Waals surface area contributed by atoms with Gasteiger partial charge in [0.2, 0.25) is 0 Å². The second kappa shape index (κ2) is 14.0. The predicted octanol–water partition coefficient (Wildman–Crippen LogP) is 6.97. The van der Waals surface area contributed by atoms with Crippen LogP contribution in [0.5, 0.6) is 17.2 Å². The van der Waals surface area contributed by atoms with E-state index in [0.717, 1.165) is 41.0 Å². The van der Waals surface area contributed by atoms with Gasteiger partial charge >= 0.3 is 0 Å². The normalized spacial score (nSPS) is 22.9. The molecule has 46 heavy (non-hydrogen) atoms. The molecule has 0 atom stereocenters. The Labute approximate surface area is 271 Å². The molecule has 0 heterocycles. The van der Waals surface area contributed by atoms with Gasteiger partial charge in [-0.25, -0.2) is 5.43 Å². The Morgan fingerprint density at radius 1 is 0.826 bits per heavy atom. The number of hydrogen-bond acceptors (Lipinski definition) is 6. The van der Waals surface area contributed by atoms with E-state index >= 15 is 0 Å². The van der Waals surface area contributed by atoms with Gasteiger partial charge in [-0.05, 0) is 147 Å². The highest BCUT2D eigenvalue weighted by molar-refractivity contribution is 5.92. The molecule has 4 aliphatic rings. The largest absolute Gasteiger partial charge is 0.490 e. The molecule has 0 aromatic heterocycles. The standard InChI is InChI=1S/C38H45N3O5/c1-4-26-12-25(3)13-33(17-26)45-24-37(43)41-39-22-27-6-11-34(35(18-27)44-5-2)46-23-36(42)40-32-9-7-31(8-10-32)38-19-28-14-29(20-38)16-30(15-28)21-38/h6-13,17-18,22,28-30H,4-5,14-16,19-21,23-24H2,1-3H3,(H,40,42)(H,41,43)/b39-22+. The van der Waals surface area contributed by atoms with E-state index in [9.17, 15) is 9.59 Å². The zero-order chi connectivity index (χ0) is 32.1. The van der Waals surface area contributed by atoms with Gasteiger partial charge in [-0.15, -0.1) is 0 Å². The molecule has 0 aliphatic heterocycles. The molecule has 4 bridgehead atoms. The van der Waals surface area contributed by atoms with Crippen LogP contribution in [0.1, 0.15) is 74.6 Å². The van der Waals surface area contributed by atoms with Crippen molar-refractivity contribution in [2.75, 3.05) is 25.1 Å². The van der Waals surface area contributed by atoms with E-state index in [1.54, 1.807) is 18.2 Å². The fourth-order valence-corrected chi connectivity index (χ4v) is 8.18. The minimum absolute atomic E-state index is 0.144. The first-order valence-corrected chi connectivity index (χ1v) is 16.7. The van der Waals surface area contributed by atoms with Crippen LogP contribution in [-0.2, 0) is 21.4 Å². The lowest BCUT2D eigenvalue weighted by Crippen LogP contribution is -2.48. The summed E-state index contributed by atoms with van der Waals surface area (Å²) in [6, 6.07) is 19.7. The fourth-order valence-electron chi connectivity index (χ4n) is 8.18. The summed E-state index contributed by atoms with van der Waals surface area (Å²) in [6.45, 7) is 6.08. The average molecular weight is 624 g/mol. The van der Waals surface area contributed by atoms with Gasteiger partial charge in [-0.2, -0.15) is 5.10 Å². The van der Waals surface area contributed by atoms with E-state index in [2.05, 4.69) is 41.0 Å². The van der Waals surface area contributed by atoms with E-state index in [1.165, 1.54) is 50.3 Å². The molecule has 0 unspecified atom stereocenters. The maximum atomic E-state index is 12.8. The molecule has 8 heteroatoms. The number of nitrogens with zero attached hydrogens (tertiary/aromatic N) is 1. The second-order valence-corrected chi connectivity index (χ2v) is 13.3. The lowest BCUT2D eigenvalue weighted by Gasteiger charge is -2.57. The summed E-state index contributed by atoms with van der Waals surface area (Å²) in [5.74, 6) is 3.69. The van der Waals surface area contributed by atoms with Crippen molar-refractivity contribution in [3.8, 4) is 17.2 Å². The molecule has 4 saturated carbocycles. The number of benzene rings is 3. The van der Waals surface area contributed by atoms with Gasteiger partial charge in [0.25, 0.3) is 11.8 Å². The molecule has 242 valence electrons. The van der Waals surface area contributed by atoms with Crippen LogP contribution in [0.25, 0.3) is 0 Å². The third-order valence-corrected chi connectivity index (χ3v) is 9.74. The Hall–Kier alpha value is -4.33. The molecule has 8 nitrogen and oxygen atoms in total. The Kier molecular flexibility index (Phi) is 9.61. The van der Waals surface area contributed by atoms with Crippen LogP contribution >= 0.6 is 0 Å². The van der Waals surface area contributed by atoms with E-state index in [-0.39, 0.29) is 25.0 Å². The van der Waals surface area contributed by atoms with E-state index in [0.29, 0.717) is 34.8 Å². The first kappa shape index (κ1) is 31.6. The molecule has 4 fully saturated rings. The summed E-state index contributed by atoms with van der Waals surface area (Å²) in [5, 5.41) is 7.02. The van der Waals surface area contributed by atoms with Crippen molar-refractivity contribution in [1.29, 1.82) is 0 Å². The highest BCUT2D eigenvalue weighted by Gasteiger charge is 2.51. The molecule has 0 spiro atoms. The molecule has 2 N–H and O–H groups in total. The molecule has 7 rings (SSSR count). The zero-order valence-corrected chi connectivity index (χ0v) is 27.1. The summed E-state index contributed by atoms with van der Waals surface area (Å²) < 4.78 is 17.2. The lowest BCUT2D eigenvalue weighted by atomic mass is 9.48. The highest BCUT2D eigenvalue weighted by atomic mass is 16.5. The highest BCUT2D eigenvalue weighted by Crippen LogP contribution is 2.60. The zero-order valence-electron chi connectivity index (χ0n) is 27.1. The van der Waals surface area contributed by atoms with Gasteiger partial charge in [-0.3, -0.25) is 9.59 Å². The number of nitrogens with one attached hydrogen (secondary N) is 2. The van der Waals surface area contributed by atoms with Gasteiger partial charge in [-0.1, -0.05) is 25.1 Å². The molecule has 0 radical (unpaired) electrons. The van der Waals surface area contributed by atoms with Crippen molar-refractivity contribution < 1.29 is 23.8 Å². The molecule has 0 saturated heterocycles. The van der Waals surface area contributed by atoms with Gasteiger partial charge < -0.3 is 19.5 Å². The molecule has 3 aromatic rings. The molecular formula is C38H45N3O5. The number of rotatable bonds is 13. The van der Waals surface area contributed by atoms with Crippen molar-refractivity contribution in [2.24, 2.45) is 22.9 Å². The monoisotopic (exact) mass is 623 g/mol. The first-order valence-electron chi connectivity index (χ1n) is 16.7. The lowest BCUT2D eigenvalue weighted by molar-refractivity contribution is -0.123. The summed E-state index contributed by atoms with van der Waals surface area (Å²) in [5.41, 5.74) is 7.98. The summed E-state index contributed by atoms with van der Waals surface area (Å²) >= 11 is 0. The Bertz CT molecular complexity index is 1550. The molecule has 3 aromatic carbocycles. The van der Waals surface area contributed by atoms with Crippen LogP contribution in [0, 0.1) is 24.7 Å². The quantitative estimate of drug-likeness (QED) is 0.158. The van der Waals surface area contributed by atoms with Crippen LogP contribution in [0.2, 0.25) is 0 Å². The SMILES string of the molecule is CCOc1cc(/C=N/NC(=O)COc2cc(C)cc(CC)c2)ccc1OCC(=O)Nc1ccc(C23CC4CC(CC(C4)C2)C3)cc1. The smallest absolute Gasteiger partial charge is 0.277 e. The van der Waals surface area contributed by atoms with E-state index in [1.807, 2.05) is 38.1 Å². The molecular weight excluding hydrogens is 578 g/mol. The minimum Gasteiger partial charge on any atom is -0.490 e. The van der Waals surface area contributed by atoms with Crippen LogP contribution in [0.4, 0.5) is 5.69 Å². The average Bonchev–Trinajstić information content (AvgIpc) is 3.03. The number of hydrogen-bond donors (Lipinski definition) is 2. The first-order chi connectivity index (χ1) is 22.3. The minimum atomic E-state index is -0.366. The maximum absolute atomic E-state index is 12.8. The van der Waals surface area contributed by atoms with Gasteiger partial charge in [0.1, 0.15) is 5.75 Å². The van der Waals surface area contributed by atoms with Crippen LogP contribution < -0.4 is 25.0 Å². The number of carbonyl (C=O) groups excluding carboxylic acids is 2. The van der Waals surface area contributed by atoms with Crippen LogP contribution in [-0.4, -0.2) is 37.8 Å². The number of aryl methyl sites for hydroxylation is 2. The van der Waals surface area contributed by atoms with Gasteiger partial charge in [0.15, 0.2) is 24.7 Å². The molecule has 4 aliphatic carbocycles. The number of carbonyl (C=O) groups is 2. The van der Waals surface area contributed by atoms with Crippen molar-refractivity contribution >= 4 is 23.7 Å². The van der Waals surface area contributed by atoms with Crippen molar-refractivity contribution in [3.63, 3.8) is 0 Å². The maximum Gasteiger partial charge on any atom is 0.277 e. The number of amides is 2. The summed E-state index contributed by atoms with van der Waals surface area (Å²) in [6.07, 6.45) is 10.7. The van der Waals surface area contributed by atoms with Crippen molar-refractivity contribution in [3.05, 3.63) is 82.9 Å². The van der Waals surface area contributed by atoms with Crippen molar-refractivity contribution in [2.45, 2.75) is 71.1 Å². The number of anilines is 1. The topological polar surface area (TPSA) is 98.2 Å². The Balaban J connectivity index is 0.985. The van der Waals surface area contributed by atoms with E-state index < -0.39 is 0 Å². The van der Waals surface area contributed by atoms with Crippen LogP contribution in [0.3, 0.4) is 0 Å². The van der Waals surface area contributed by atoms with Gasteiger partial charge in [0, 0.05) is 5.69 Å². The predicted molar refractivity (Wildman–Crippen MR) is 180 cm³/mol. The fraction of sp³-hybridized carbons (Fsp3) is 0.447.